The number of nitrogens with one attached hydrogen (secondary N) is 2. The lowest BCUT2D eigenvalue weighted by atomic mass is 10.1. The molecule has 0 radical (unpaired) electrons. The minimum absolute atomic E-state index is 0.295. The normalized spacial score (nSPS) is 10.5. The third-order valence-electron chi connectivity index (χ3n) is 2.16. The lowest BCUT2D eigenvalue weighted by molar-refractivity contribution is 0.969. The fourth-order valence-electron chi connectivity index (χ4n) is 1.40. The van der Waals surface area contributed by atoms with Crippen LogP contribution in [0.5, 0.6) is 0 Å². The van der Waals surface area contributed by atoms with Crippen LogP contribution in [0.15, 0.2) is 29.1 Å². The summed E-state index contributed by atoms with van der Waals surface area (Å²) >= 11 is 0. The highest BCUT2D eigenvalue weighted by Gasteiger charge is 2.01. The number of hydrogen-bond acceptors (Lipinski definition) is 3. The summed E-state index contributed by atoms with van der Waals surface area (Å²) in [6.45, 7) is 0.637. The van der Waals surface area contributed by atoms with Crippen LogP contribution in [-0.4, -0.2) is 21.7 Å². The third-order valence-corrected chi connectivity index (χ3v) is 2.16. The minimum atomic E-state index is -0.295. The molecule has 0 saturated carbocycles. The Morgan fingerprint density at radius 1 is 1.27 bits per heavy atom. The van der Waals surface area contributed by atoms with Crippen LogP contribution in [0, 0.1) is 0 Å². The zero-order valence-electron chi connectivity index (χ0n) is 8.16. The van der Waals surface area contributed by atoms with Gasteiger partial charge in [0.2, 0.25) is 0 Å². The van der Waals surface area contributed by atoms with Crippen molar-refractivity contribution >= 4 is 0 Å². The molecular weight excluding hydrogens is 192 g/mol. The Morgan fingerprint density at radius 2 is 2.00 bits per heavy atom. The Labute approximate surface area is 86.3 Å². The minimum Gasteiger partial charge on any atom is -0.330 e. The van der Waals surface area contributed by atoms with Gasteiger partial charge in [-0.15, -0.1) is 0 Å². The molecule has 0 spiro atoms. The maximum Gasteiger partial charge on any atom is 0.340 e. The van der Waals surface area contributed by atoms with Gasteiger partial charge in [-0.25, -0.2) is 9.89 Å². The Morgan fingerprint density at radius 3 is 2.53 bits per heavy atom. The molecule has 0 unspecified atom stereocenters. The van der Waals surface area contributed by atoms with Crippen molar-refractivity contribution in [1.29, 1.82) is 0 Å². The number of hydrogen-bond donors (Lipinski definition) is 3. The third kappa shape index (κ3) is 2.13. The fourth-order valence-corrected chi connectivity index (χ4v) is 1.40. The zero-order chi connectivity index (χ0) is 10.7. The van der Waals surface area contributed by atoms with Gasteiger partial charge in [-0.3, -0.25) is 4.98 Å². The van der Waals surface area contributed by atoms with E-state index >= 15 is 0 Å². The van der Waals surface area contributed by atoms with Crippen molar-refractivity contribution in [2.24, 2.45) is 5.73 Å². The lowest BCUT2D eigenvalue weighted by Gasteiger charge is -1.99. The predicted molar refractivity (Wildman–Crippen MR) is 57.4 cm³/mol. The maximum absolute atomic E-state index is 10.8. The number of aromatic nitrogens is 3. The maximum atomic E-state index is 10.8. The second kappa shape index (κ2) is 4.10. The summed E-state index contributed by atoms with van der Waals surface area (Å²) in [5.74, 6) is 0.555. The second-order valence-corrected chi connectivity index (χ2v) is 3.26. The van der Waals surface area contributed by atoms with E-state index in [4.69, 9.17) is 5.73 Å². The summed E-state index contributed by atoms with van der Waals surface area (Å²) in [7, 11) is 0. The quantitative estimate of drug-likeness (QED) is 0.670. The van der Waals surface area contributed by atoms with Gasteiger partial charge in [0.15, 0.2) is 5.82 Å². The molecule has 1 aromatic carbocycles. The summed E-state index contributed by atoms with van der Waals surface area (Å²) in [4.78, 5) is 13.4. The van der Waals surface area contributed by atoms with Gasteiger partial charge >= 0.3 is 5.69 Å². The Hall–Kier alpha value is -1.88. The van der Waals surface area contributed by atoms with Crippen molar-refractivity contribution in [2.45, 2.75) is 6.42 Å². The van der Waals surface area contributed by atoms with Gasteiger partial charge in [0.25, 0.3) is 0 Å². The fraction of sp³-hybridized carbons (Fsp3) is 0.200. The molecule has 0 aliphatic heterocycles. The highest BCUT2D eigenvalue weighted by atomic mass is 16.1. The molecule has 2 rings (SSSR count). The first-order valence-electron chi connectivity index (χ1n) is 4.73. The van der Waals surface area contributed by atoms with Gasteiger partial charge in [0.1, 0.15) is 0 Å². The largest absolute Gasteiger partial charge is 0.340 e. The van der Waals surface area contributed by atoms with Crippen LogP contribution in [0.25, 0.3) is 11.4 Å². The van der Waals surface area contributed by atoms with E-state index in [2.05, 4.69) is 15.2 Å². The smallest absolute Gasteiger partial charge is 0.330 e. The van der Waals surface area contributed by atoms with Crippen molar-refractivity contribution in [1.82, 2.24) is 15.2 Å². The molecule has 0 bridgehead atoms. The van der Waals surface area contributed by atoms with Crippen LogP contribution < -0.4 is 11.4 Å². The lowest BCUT2D eigenvalue weighted by Crippen LogP contribution is -2.02. The summed E-state index contributed by atoms with van der Waals surface area (Å²) in [5, 5.41) is 6.17. The number of nitrogens with zero attached hydrogens (tertiary/aromatic N) is 1. The molecule has 0 amide bonds. The van der Waals surface area contributed by atoms with Gasteiger partial charge in [-0.05, 0) is 18.5 Å². The standard InChI is InChI=1S/C10H12N4O/c11-6-5-7-1-3-8(4-2-7)9-12-10(15)14-13-9/h1-4H,5-6,11H2,(H2,12,13,14,15). The Balaban J connectivity index is 2.27. The number of H-pyrrole nitrogens is 2. The van der Waals surface area contributed by atoms with Gasteiger partial charge in [-0.1, -0.05) is 24.3 Å². The molecule has 0 saturated heterocycles. The summed E-state index contributed by atoms with van der Waals surface area (Å²) in [5.41, 5.74) is 7.22. The van der Waals surface area contributed by atoms with Crippen molar-refractivity contribution in [3.63, 3.8) is 0 Å². The number of nitrogens with two attached hydrogens (primary N) is 1. The number of rotatable bonds is 3. The molecule has 1 aromatic heterocycles. The topological polar surface area (TPSA) is 87.6 Å². The molecule has 15 heavy (non-hydrogen) atoms. The highest BCUT2D eigenvalue weighted by Crippen LogP contribution is 2.13. The Kier molecular flexibility index (Phi) is 2.64. The van der Waals surface area contributed by atoms with E-state index in [1.807, 2.05) is 24.3 Å². The molecule has 5 heteroatoms. The van der Waals surface area contributed by atoms with Gasteiger partial charge in [0, 0.05) is 5.56 Å². The van der Waals surface area contributed by atoms with Gasteiger partial charge in [0.05, 0.1) is 0 Å². The average molecular weight is 204 g/mol. The number of benzene rings is 1. The van der Waals surface area contributed by atoms with Crippen molar-refractivity contribution in [3.8, 4) is 11.4 Å². The van der Waals surface area contributed by atoms with Crippen LogP contribution in [0.1, 0.15) is 5.56 Å². The SMILES string of the molecule is NCCc1ccc(-c2n[nH]c(=O)[nH]2)cc1. The monoisotopic (exact) mass is 204 g/mol. The first-order chi connectivity index (χ1) is 7.29. The molecule has 5 nitrogen and oxygen atoms in total. The van der Waals surface area contributed by atoms with E-state index in [0.717, 1.165) is 12.0 Å². The molecule has 0 atom stereocenters. The van der Waals surface area contributed by atoms with Crippen LogP contribution in [-0.2, 0) is 6.42 Å². The summed E-state index contributed by atoms with van der Waals surface area (Å²) < 4.78 is 0. The molecule has 0 fully saturated rings. The van der Waals surface area contributed by atoms with E-state index in [0.29, 0.717) is 12.4 Å². The first kappa shape index (κ1) is 9.67. The Bertz CT molecular complexity index is 483. The van der Waals surface area contributed by atoms with Crippen LogP contribution in [0.3, 0.4) is 0 Å². The average Bonchev–Trinajstić information content (AvgIpc) is 2.67. The molecule has 2 aromatic rings. The van der Waals surface area contributed by atoms with E-state index < -0.39 is 0 Å². The zero-order valence-corrected chi connectivity index (χ0v) is 8.16. The van der Waals surface area contributed by atoms with E-state index in [1.165, 1.54) is 5.56 Å². The molecule has 4 N–H and O–H groups in total. The van der Waals surface area contributed by atoms with Crippen LogP contribution in [0.2, 0.25) is 0 Å². The van der Waals surface area contributed by atoms with E-state index in [-0.39, 0.29) is 5.69 Å². The molecule has 1 heterocycles. The van der Waals surface area contributed by atoms with E-state index in [1.54, 1.807) is 0 Å². The van der Waals surface area contributed by atoms with Crippen molar-refractivity contribution in [3.05, 3.63) is 40.3 Å². The first-order valence-corrected chi connectivity index (χ1v) is 4.73. The second-order valence-electron chi connectivity index (χ2n) is 3.26. The molecule has 0 aliphatic rings. The van der Waals surface area contributed by atoms with Crippen LogP contribution in [0.4, 0.5) is 0 Å². The molecule has 78 valence electrons. The van der Waals surface area contributed by atoms with E-state index in [9.17, 15) is 4.79 Å². The highest BCUT2D eigenvalue weighted by molar-refractivity contribution is 5.54. The van der Waals surface area contributed by atoms with Gasteiger partial charge < -0.3 is 5.73 Å². The van der Waals surface area contributed by atoms with Crippen molar-refractivity contribution in [2.75, 3.05) is 6.54 Å². The van der Waals surface area contributed by atoms with Gasteiger partial charge in [-0.2, -0.15) is 5.10 Å². The molecular formula is C10H12N4O. The van der Waals surface area contributed by atoms with Crippen molar-refractivity contribution < 1.29 is 0 Å². The number of aromatic amines is 2. The summed E-state index contributed by atoms with van der Waals surface area (Å²) in [6, 6.07) is 7.79. The molecule has 0 aliphatic carbocycles. The predicted octanol–water partition coefficient (Wildman–Crippen LogP) is 0.266. The van der Waals surface area contributed by atoms with Crippen LogP contribution >= 0.6 is 0 Å². The summed E-state index contributed by atoms with van der Waals surface area (Å²) in [6.07, 6.45) is 0.858.